The third kappa shape index (κ3) is 6.21. The van der Waals surface area contributed by atoms with Crippen LogP contribution in [0.2, 0.25) is 0 Å². The summed E-state index contributed by atoms with van der Waals surface area (Å²) in [5.74, 6) is -0.0224. The number of sulfone groups is 1. The summed E-state index contributed by atoms with van der Waals surface area (Å²) in [5.41, 5.74) is 1.20. The Bertz CT molecular complexity index is 1020. The Hall–Kier alpha value is -3.07. The second kappa shape index (κ2) is 9.92. The van der Waals surface area contributed by atoms with Crippen molar-refractivity contribution in [3.05, 3.63) is 71.9 Å². The van der Waals surface area contributed by atoms with Crippen molar-refractivity contribution < 1.29 is 17.6 Å². The highest BCUT2D eigenvalue weighted by Gasteiger charge is 2.22. The number of unbranched alkanes of at least 4 members (excludes halogenated alkanes) is 2. The predicted octanol–water partition coefficient (Wildman–Crippen LogP) is 2.58. The van der Waals surface area contributed by atoms with Gasteiger partial charge in [0.1, 0.15) is 0 Å². The molecule has 1 amide bonds. The molecule has 152 valence electrons. The highest BCUT2D eigenvalue weighted by molar-refractivity contribution is 7.90. The van der Waals surface area contributed by atoms with E-state index in [1.165, 1.54) is 6.20 Å². The monoisotopic (exact) mass is 414 g/mol. The van der Waals surface area contributed by atoms with E-state index in [1.807, 2.05) is 6.07 Å². The van der Waals surface area contributed by atoms with Crippen molar-refractivity contribution in [2.75, 3.05) is 6.54 Å². The largest absolute Gasteiger partial charge is 0.413 e. The topological polar surface area (TPSA) is 115 Å². The summed E-state index contributed by atoms with van der Waals surface area (Å²) in [7, 11) is -3.66. The quantitative estimate of drug-likeness (QED) is 0.507. The van der Waals surface area contributed by atoms with Crippen LogP contribution in [-0.4, -0.2) is 36.1 Å². The Morgan fingerprint density at radius 3 is 2.59 bits per heavy atom. The third-order valence-electron chi connectivity index (χ3n) is 4.19. The maximum atomic E-state index is 12.4. The molecule has 2 heterocycles. The van der Waals surface area contributed by atoms with Gasteiger partial charge in [0.25, 0.3) is 5.91 Å². The number of hydrogen-bond acceptors (Lipinski definition) is 7. The molecule has 0 saturated carbocycles. The van der Waals surface area contributed by atoms with Gasteiger partial charge in [-0.05, 0) is 30.5 Å². The number of nitrogens with one attached hydrogen (secondary N) is 1. The first kappa shape index (κ1) is 20.7. The SMILES string of the molecule is O=C(NCCCCCc1nnc(S(=O)(=O)Cc2ccccc2)o1)c1cccnc1. The van der Waals surface area contributed by atoms with Gasteiger partial charge >= 0.3 is 5.22 Å². The number of hydrogen-bond donors (Lipinski definition) is 1. The zero-order valence-corrected chi connectivity index (χ0v) is 16.6. The van der Waals surface area contributed by atoms with Crippen molar-refractivity contribution in [2.24, 2.45) is 0 Å². The number of rotatable bonds is 10. The van der Waals surface area contributed by atoms with Gasteiger partial charge in [0.05, 0.1) is 11.3 Å². The summed E-state index contributed by atoms with van der Waals surface area (Å²) >= 11 is 0. The normalized spacial score (nSPS) is 11.3. The molecule has 0 saturated heterocycles. The van der Waals surface area contributed by atoms with Gasteiger partial charge < -0.3 is 9.73 Å². The first-order valence-electron chi connectivity index (χ1n) is 9.32. The van der Waals surface area contributed by atoms with Gasteiger partial charge in [0.2, 0.25) is 15.7 Å². The molecule has 0 fully saturated rings. The zero-order valence-electron chi connectivity index (χ0n) is 15.8. The molecule has 2 aromatic heterocycles. The highest BCUT2D eigenvalue weighted by atomic mass is 32.2. The van der Waals surface area contributed by atoms with Gasteiger partial charge in [-0.3, -0.25) is 9.78 Å². The van der Waals surface area contributed by atoms with Crippen LogP contribution in [0.4, 0.5) is 0 Å². The third-order valence-corrected chi connectivity index (χ3v) is 5.60. The van der Waals surface area contributed by atoms with Crippen molar-refractivity contribution in [3.8, 4) is 0 Å². The van der Waals surface area contributed by atoms with Crippen molar-refractivity contribution in [3.63, 3.8) is 0 Å². The first-order valence-corrected chi connectivity index (χ1v) is 11.0. The van der Waals surface area contributed by atoms with E-state index < -0.39 is 9.84 Å². The Morgan fingerprint density at radius 2 is 1.83 bits per heavy atom. The Morgan fingerprint density at radius 1 is 1.00 bits per heavy atom. The number of benzene rings is 1. The fraction of sp³-hybridized carbons (Fsp3) is 0.300. The van der Waals surface area contributed by atoms with Crippen LogP contribution in [-0.2, 0) is 22.0 Å². The standard InChI is InChI=1S/C20H22N4O4S/c25-19(17-10-7-12-21-14-17)22-13-6-2-5-11-18-23-24-20(28-18)29(26,27)15-16-8-3-1-4-9-16/h1,3-4,7-10,12,14H,2,5-6,11,13,15H2,(H,22,25). The predicted molar refractivity (Wildman–Crippen MR) is 106 cm³/mol. The molecule has 0 bridgehead atoms. The lowest BCUT2D eigenvalue weighted by molar-refractivity contribution is 0.0952. The molecular weight excluding hydrogens is 392 g/mol. The van der Waals surface area contributed by atoms with Gasteiger partial charge in [-0.25, -0.2) is 8.42 Å². The number of carbonyl (C=O) groups excluding carboxylic acids is 1. The molecule has 0 aliphatic carbocycles. The lowest BCUT2D eigenvalue weighted by Crippen LogP contribution is -2.24. The van der Waals surface area contributed by atoms with E-state index >= 15 is 0 Å². The average molecular weight is 414 g/mol. The van der Waals surface area contributed by atoms with Crippen LogP contribution in [0, 0.1) is 0 Å². The molecule has 1 aromatic carbocycles. The number of aryl methyl sites for hydroxylation is 1. The van der Waals surface area contributed by atoms with E-state index in [2.05, 4.69) is 20.5 Å². The molecule has 0 aliphatic heterocycles. The van der Waals surface area contributed by atoms with E-state index in [0.717, 1.165) is 19.3 Å². The number of amides is 1. The van der Waals surface area contributed by atoms with Crippen LogP contribution in [0.3, 0.4) is 0 Å². The Labute approximate surface area is 169 Å². The minimum atomic E-state index is -3.66. The van der Waals surface area contributed by atoms with Crippen LogP contribution >= 0.6 is 0 Å². The zero-order chi connectivity index (χ0) is 20.5. The molecule has 29 heavy (non-hydrogen) atoms. The van der Waals surface area contributed by atoms with Crippen molar-refractivity contribution >= 4 is 15.7 Å². The Balaban J connectivity index is 1.39. The van der Waals surface area contributed by atoms with Gasteiger partial charge in [0, 0.05) is 25.4 Å². The highest BCUT2D eigenvalue weighted by Crippen LogP contribution is 2.16. The molecule has 0 unspecified atom stereocenters. The fourth-order valence-electron chi connectivity index (χ4n) is 2.70. The number of pyridine rings is 1. The van der Waals surface area contributed by atoms with Crippen LogP contribution in [0.1, 0.15) is 41.1 Å². The van der Waals surface area contributed by atoms with Crippen molar-refractivity contribution in [2.45, 2.75) is 36.7 Å². The summed E-state index contributed by atoms with van der Waals surface area (Å²) in [5, 5.41) is 10.0. The minimum absolute atomic E-state index is 0.150. The summed E-state index contributed by atoms with van der Waals surface area (Å²) in [6, 6.07) is 12.3. The van der Waals surface area contributed by atoms with Crippen molar-refractivity contribution in [1.29, 1.82) is 0 Å². The molecule has 0 atom stereocenters. The molecule has 0 radical (unpaired) electrons. The summed E-state index contributed by atoms with van der Waals surface area (Å²) in [4.78, 5) is 15.8. The molecule has 9 heteroatoms. The fourth-order valence-corrected chi connectivity index (χ4v) is 3.84. The van der Waals surface area contributed by atoms with E-state index in [4.69, 9.17) is 4.42 Å². The van der Waals surface area contributed by atoms with E-state index in [0.29, 0.717) is 30.0 Å². The molecular formula is C20H22N4O4S. The van der Waals surface area contributed by atoms with E-state index in [-0.39, 0.29) is 16.9 Å². The summed E-state index contributed by atoms with van der Waals surface area (Å²) in [6.45, 7) is 0.550. The summed E-state index contributed by atoms with van der Waals surface area (Å²) < 4.78 is 30.1. The van der Waals surface area contributed by atoms with Gasteiger partial charge in [-0.2, -0.15) is 0 Å². The lowest BCUT2D eigenvalue weighted by atomic mass is 10.2. The second-order valence-corrected chi connectivity index (χ2v) is 8.38. The van der Waals surface area contributed by atoms with Crippen LogP contribution in [0.15, 0.2) is 64.5 Å². The molecule has 0 spiro atoms. The summed E-state index contributed by atoms with van der Waals surface area (Å²) in [6.07, 6.45) is 6.01. The van der Waals surface area contributed by atoms with Gasteiger partial charge in [-0.15, -0.1) is 5.10 Å². The number of carbonyl (C=O) groups is 1. The second-order valence-electron chi connectivity index (χ2n) is 6.51. The van der Waals surface area contributed by atoms with Gasteiger partial charge in [-0.1, -0.05) is 41.9 Å². The molecule has 3 aromatic rings. The van der Waals surface area contributed by atoms with E-state index in [1.54, 1.807) is 42.6 Å². The number of nitrogens with zero attached hydrogens (tertiary/aromatic N) is 3. The number of aromatic nitrogens is 3. The van der Waals surface area contributed by atoms with E-state index in [9.17, 15) is 13.2 Å². The first-order chi connectivity index (χ1) is 14.0. The van der Waals surface area contributed by atoms with Crippen LogP contribution in [0.5, 0.6) is 0 Å². The van der Waals surface area contributed by atoms with Gasteiger partial charge in [0.15, 0.2) is 0 Å². The molecule has 1 N–H and O–H groups in total. The van der Waals surface area contributed by atoms with Crippen LogP contribution < -0.4 is 5.32 Å². The maximum Gasteiger partial charge on any atom is 0.335 e. The smallest absolute Gasteiger partial charge is 0.335 e. The maximum absolute atomic E-state index is 12.4. The Kier molecular flexibility index (Phi) is 7.07. The molecule has 3 rings (SSSR count). The van der Waals surface area contributed by atoms with Crippen molar-refractivity contribution in [1.82, 2.24) is 20.5 Å². The average Bonchev–Trinajstić information content (AvgIpc) is 3.21. The molecule has 8 nitrogen and oxygen atoms in total. The van der Waals surface area contributed by atoms with Crippen LogP contribution in [0.25, 0.3) is 0 Å². The lowest BCUT2D eigenvalue weighted by Gasteiger charge is -2.04. The molecule has 0 aliphatic rings. The minimum Gasteiger partial charge on any atom is -0.413 e.